The van der Waals surface area contributed by atoms with Crippen LogP contribution < -0.4 is 30.7 Å². The van der Waals surface area contributed by atoms with Crippen LogP contribution in [0.1, 0.15) is 36.1 Å². The monoisotopic (exact) mass is 994 g/mol. The Morgan fingerprint density at radius 3 is 1.34 bits per heavy atom. The zero-order valence-corrected chi connectivity index (χ0v) is 41.6. The van der Waals surface area contributed by atoms with E-state index in [2.05, 4.69) is 55.2 Å². The van der Waals surface area contributed by atoms with E-state index < -0.39 is 11.9 Å². The highest BCUT2D eigenvalue weighted by Crippen LogP contribution is 2.38. The van der Waals surface area contributed by atoms with E-state index in [4.69, 9.17) is 32.5 Å². The maximum atomic E-state index is 12.5. The molecule has 18 nitrogen and oxygen atoms in total. The molecule has 0 saturated carbocycles. The third-order valence-electron chi connectivity index (χ3n) is 9.74. The first kappa shape index (κ1) is 56.6. The van der Waals surface area contributed by atoms with Gasteiger partial charge in [-0.05, 0) is 90.6 Å². The quantitative estimate of drug-likeness (QED) is 0.0350. The number of hydrogen-bond donors (Lipinski definition) is 6. The second-order valence-corrected chi connectivity index (χ2v) is 15.9. The van der Waals surface area contributed by atoms with Crippen LogP contribution in [0.2, 0.25) is 0 Å². The zero-order valence-electron chi connectivity index (χ0n) is 41.6. The van der Waals surface area contributed by atoms with E-state index in [0.717, 1.165) is 11.4 Å². The maximum absolute atomic E-state index is 12.5. The lowest BCUT2D eigenvalue weighted by atomic mass is 10.1. The minimum Gasteiger partial charge on any atom is -0.492 e. The number of hydrogen-bond acceptors (Lipinski definition) is 14. The number of terminal acetylenes is 2. The van der Waals surface area contributed by atoms with Crippen LogP contribution in [-0.4, -0.2) is 108 Å². The molecule has 0 aliphatic carbocycles. The Hall–Kier alpha value is -9.98. The minimum absolute atomic E-state index is 0.280. The van der Waals surface area contributed by atoms with Crippen molar-refractivity contribution in [3.8, 4) is 48.3 Å². The molecule has 0 bridgehead atoms. The number of nitrogens with zero attached hydrogens (tertiary/aromatic N) is 6. The fraction of sp³-hybridized carbons (Fsp3) is 0.179. The van der Waals surface area contributed by atoms with E-state index in [9.17, 15) is 29.7 Å². The van der Waals surface area contributed by atoms with Gasteiger partial charge in [-0.1, -0.05) is 36.1 Å². The molecule has 0 atom stereocenters. The average molecular weight is 995 g/mol. The van der Waals surface area contributed by atoms with Crippen molar-refractivity contribution < 1.29 is 38.9 Å². The number of carbonyl (C=O) groups is 4. The molecular formula is C56H54N10O8. The van der Waals surface area contributed by atoms with Gasteiger partial charge in [0, 0.05) is 95.2 Å². The summed E-state index contributed by atoms with van der Waals surface area (Å²) in [6.07, 6.45) is 21.7. The Morgan fingerprint density at radius 1 is 0.622 bits per heavy atom. The SMILES string of the molecule is C#Cc1cccc(Nc2c(C#N)cnc3cc(OCC)c(NC(=O)/C=C/CN(C)C)cc23)c1.C#Cc1cccc(Nc2c(C#N)cnc3cc(OCC)c(NC(=O)/C=C/CN(C)C)cc23)c1.O=C(O)/C=C\C(=O)O. The number of nitrogens with one attached hydrogen (secondary N) is 4. The summed E-state index contributed by atoms with van der Waals surface area (Å²) in [5.41, 5.74) is 6.98. The molecule has 376 valence electrons. The number of rotatable bonds is 18. The summed E-state index contributed by atoms with van der Waals surface area (Å²) in [5.74, 6) is 3.13. The highest BCUT2D eigenvalue weighted by atomic mass is 16.5. The summed E-state index contributed by atoms with van der Waals surface area (Å²) in [7, 11) is 7.69. The first-order valence-electron chi connectivity index (χ1n) is 22.6. The molecule has 0 radical (unpaired) electrons. The molecule has 0 fully saturated rings. The molecule has 2 aromatic heterocycles. The van der Waals surface area contributed by atoms with Crippen molar-refractivity contribution in [1.29, 1.82) is 10.5 Å². The average Bonchev–Trinajstić information content (AvgIpc) is 3.37. The normalized spacial score (nSPS) is 10.6. The van der Waals surface area contributed by atoms with E-state index in [1.54, 1.807) is 36.4 Å². The van der Waals surface area contributed by atoms with E-state index >= 15 is 0 Å². The van der Waals surface area contributed by atoms with Crippen molar-refractivity contribution in [2.75, 3.05) is 75.8 Å². The van der Waals surface area contributed by atoms with E-state index in [0.29, 0.717) is 117 Å². The summed E-state index contributed by atoms with van der Waals surface area (Å²) >= 11 is 0. The van der Waals surface area contributed by atoms with E-state index in [1.165, 1.54) is 24.5 Å². The predicted octanol–water partition coefficient (Wildman–Crippen LogP) is 8.28. The Bertz CT molecular complexity index is 3060. The number of ether oxygens (including phenoxy) is 2. The number of aliphatic carboxylic acids is 2. The van der Waals surface area contributed by atoms with Crippen molar-refractivity contribution in [2.45, 2.75) is 13.8 Å². The standard InChI is InChI=1S/2C26H25N5O2.C4H4O4/c2*1-5-18-9-7-10-20(13-18)29-26-19(16-27)17-28-22-15-24(33-6-2)23(14-21(22)26)30-25(32)11-8-12-31(3)4;5-3(6)1-2-4(7)8/h2*1,7-11,13-15,17H,6,12H2,2-4H3,(H,28,29)(H,30,32);1-2H,(H,5,6)(H,7,8)/b2*11-8+;2-1-. The molecule has 74 heavy (non-hydrogen) atoms. The van der Waals surface area contributed by atoms with Crippen LogP contribution in [0.15, 0.2) is 122 Å². The summed E-state index contributed by atoms with van der Waals surface area (Å²) in [6, 6.07) is 26.1. The number of amides is 2. The Labute approximate surface area is 429 Å². The summed E-state index contributed by atoms with van der Waals surface area (Å²) in [4.78, 5) is 56.8. The number of fused-ring (bicyclic) bond motifs is 2. The van der Waals surface area contributed by atoms with Crippen LogP contribution in [0.3, 0.4) is 0 Å². The third-order valence-corrected chi connectivity index (χ3v) is 9.74. The van der Waals surface area contributed by atoms with Gasteiger partial charge in [0.05, 0.1) is 58.1 Å². The van der Waals surface area contributed by atoms with E-state index in [1.807, 2.05) is 100 Å². The lowest BCUT2D eigenvalue weighted by molar-refractivity contribution is -0.134. The van der Waals surface area contributed by atoms with Gasteiger partial charge >= 0.3 is 11.9 Å². The van der Waals surface area contributed by atoms with Crippen LogP contribution in [0.4, 0.5) is 34.1 Å². The van der Waals surface area contributed by atoms with Crippen LogP contribution >= 0.6 is 0 Å². The van der Waals surface area contributed by atoms with Crippen LogP contribution in [0, 0.1) is 47.3 Å². The minimum atomic E-state index is -1.26. The first-order valence-corrected chi connectivity index (χ1v) is 22.6. The molecule has 0 saturated heterocycles. The van der Waals surface area contributed by atoms with Gasteiger partial charge in [-0.25, -0.2) is 9.59 Å². The molecule has 6 aromatic rings. The zero-order chi connectivity index (χ0) is 54.2. The van der Waals surface area contributed by atoms with Crippen molar-refractivity contribution in [1.82, 2.24) is 19.8 Å². The van der Waals surface area contributed by atoms with Gasteiger partial charge in [0.25, 0.3) is 0 Å². The summed E-state index contributed by atoms with van der Waals surface area (Å²) < 4.78 is 11.5. The van der Waals surface area contributed by atoms with Crippen LogP contribution in [0.25, 0.3) is 21.8 Å². The van der Waals surface area contributed by atoms with Gasteiger partial charge in [-0.2, -0.15) is 10.5 Å². The largest absolute Gasteiger partial charge is 0.492 e. The second kappa shape index (κ2) is 28.6. The molecule has 2 heterocycles. The number of carboxylic acid groups (broad SMARTS) is 2. The molecule has 6 N–H and O–H groups in total. The molecule has 0 aliphatic rings. The van der Waals surface area contributed by atoms with Crippen molar-refractivity contribution in [3.05, 3.63) is 144 Å². The van der Waals surface area contributed by atoms with Gasteiger partial charge in [0.1, 0.15) is 23.6 Å². The third kappa shape index (κ3) is 17.5. The molecular weight excluding hydrogens is 941 g/mol. The Balaban J connectivity index is 0.000000279. The van der Waals surface area contributed by atoms with Gasteiger partial charge in [-0.3, -0.25) is 19.6 Å². The summed E-state index contributed by atoms with van der Waals surface area (Å²) in [5, 5.41) is 48.6. The molecule has 0 aliphatic heterocycles. The lowest BCUT2D eigenvalue weighted by Crippen LogP contribution is -2.13. The second-order valence-electron chi connectivity index (χ2n) is 15.9. The number of benzene rings is 4. The van der Waals surface area contributed by atoms with Crippen molar-refractivity contribution in [2.24, 2.45) is 0 Å². The molecule has 0 spiro atoms. The van der Waals surface area contributed by atoms with Gasteiger partial charge in [0.15, 0.2) is 0 Å². The summed E-state index contributed by atoms with van der Waals surface area (Å²) in [6.45, 7) is 5.86. The number of anilines is 6. The molecule has 18 heteroatoms. The number of carbonyl (C=O) groups excluding carboxylic acids is 2. The number of pyridine rings is 2. The predicted molar refractivity (Wildman–Crippen MR) is 288 cm³/mol. The van der Waals surface area contributed by atoms with Crippen LogP contribution in [-0.2, 0) is 19.2 Å². The topological polar surface area (TPSA) is 255 Å². The van der Waals surface area contributed by atoms with Crippen molar-refractivity contribution >= 4 is 79.7 Å². The number of carboxylic acids is 2. The fourth-order valence-electron chi connectivity index (χ4n) is 6.52. The van der Waals surface area contributed by atoms with Crippen molar-refractivity contribution in [3.63, 3.8) is 0 Å². The Morgan fingerprint density at radius 2 is 1.01 bits per heavy atom. The fourth-order valence-corrected chi connectivity index (χ4v) is 6.52. The maximum Gasteiger partial charge on any atom is 0.328 e. The molecule has 4 aromatic carbocycles. The highest BCUT2D eigenvalue weighted by molar-refractivity contribution is 6.06. The lowest BCUT2D eigenvalue weighted by Gasteiger charge is -2.16. The molecule has 0 unspecified atom stereocenters. The smallest absolute Gasteiger partial charge is 0.328 e. The van der Waals surface area contributed by atoms with Gasteiger partial charge in [-0.15, -0.1) is 12.8 Å². The van der Waals surface area contributed by atoms with Crippen LogP contribution in [0.5, 0.6) is 11.5 Å². The molecule has 6 rings (SSSR count). The number of likely N-dealkylation sites (N-methyl/N-ethyl adjacent to an activating group) is 2. The Kier molecular flexibility index (Phi) is 21.9. The first-order chi connectivity index (χ1) is 35.5. The highest BCUT2D eigenvalue weighted by Gasteiger charge is 2.17. The van der Waals surface area contributed by atoms with Gasteiger partial charge < -0.3 is 50.8 Å². The number of aromatic nitrogens is 2. The molecule has 2 amide bonds. The number of nitriles is 2. The van der Waals surface area contributed by atoms with E-state index in [-0.39, 0.29) is 11.8 Å². The van der Waals surface area contributed by atoms with Gasteiger partial charge in [0.2, 0.25) is 11.8 Å².